The molecule has 0 aliphatic carbocycles. The molecular formula is C22H24F2N4O2. The van der Waals surface area contributed by atoms with Crippen LogP contribution in [0.1, 0.15) is 53.8 Å². The van der Waals surface area contributed by atoms with E-state index >= 15 is 0 Å². The molecule has 1 saturated heterocycles. The van der Waals surface area contributed by atoms with Gasteiger partial charge in [-0.15, -0.1) is 0 Å². The quantitative estimate of drug-likeness (QED) is 0.609. The molecule has 0 radical (unpaired) electrons. The lowest BCUT2D eigenvalue weighted by atomic mass is 9.98. The highest BCUT2D eigenvalue weighted by atomic mass is 19.3. The smallest absolute Gasteiger partial charge is 0.280 e. The number of alkyl halides is 2. The number of oxazole rings is 1. The van der Waals surface area contributed by atoms with E-state index in [-0.39, 0.29) is 24.1 Å². The van der Waals surface area contributed by atoms with Gasteiger partial charge in [0, 0.05) is 19.5 Å². The topological polar surface area (TPSA) is 64.2 Å². The number of aromatic nitrogens is 3. The van der Waals surface area contributed by atoms with E-state index in [1.54, 1.807) is 18.0 Å². The Balaban J connectivity index is 1.40. The third kappa shape index (κ3) is 4.58. The number of piperidine rings is 1. The van der Waals surface area contributed by atoms with Crippen molar-refractivity contribution in [1.82, 2.24) is 19.7 Å². The van der Waals surface area contributed by atoms with Crippen LogP contribution in [0.5, 0.6) is 0 Å². The summed E-state index contributed by atoms with van der Waals surface area (Å²) in [6.45, 7) is 2.51. The summed E-state index contributed by atoms with van der Waals surface area (Å²) in [7, 11) is 0. The molecule has 1 fully saturated rings. The third-order valence-corrected chi connectivity index (χ3v) is 5.36. The van der Waals surface area contributed by atoms with Gasteiger partial charge in [0.2, 0.25) is 5.91 Å². The molecule has 1 aliphatic rings. The maximum absolute atomic E-state index is 13.2. The molecule has 0 bridgehead atoms. The lowest BCUT2D eigenvalue weighted by molar-refractivity contribution is -0.133. The third-order valence-electron chi connectivity index (χ3n) is 5.36. The summed E-state index contributed by atoms with van der Waals surface area (Å²) < 4.78 is 33.4. The number of carbonyl (C=O) groups is 1. The zero-order chi connectivity index (χ0) is 21.1. The molecule has 4 rings (SSSR count). The van der Waals surface area contributed by atoms with E-state index in [9.17, 15) is 13.6 Å². The number of nitrogens with zero attached hydrogens (tertiary/aromatic N) is 4. The van der Waals surface area contributed by atoms with Crippen molar-refractivity contribution in [3.05, 3.63) is 71.2 Å². The molecule has 6 nitrogen and oxygen atoms in total. The first kappa shape index (κ1) is 20.3. The predicted molar refractivity (Wildman–Crippen MR) is 106 cm³/mol. The summed E-state index contributed by atoms with van der Waals surface area (Å²) in [6, 6.07) is 11.3. The molecule has 0 spiro atoms. The lowest BCUT2D eigenvalue weighted by Gasteiger charge is -2.31. The Morgan fingerprint density at radius 3 is 2.87 bits per heavy atom. The number of halogens is 2. The minimum atomic E-state index is -2.66. The van der Waals surface area contributed by atoms with Crippen molar-refractivity contribution in [3.8, 4) is 0 Å². The van der Waals surface area contributed by atoms with Gasteiger partial charge < -0.3 is 9.32 Å². The minimum Gasteiger partial charge on any atom is -0.445 e. The Hall–Kier alpha value is -3.03. The highest BCUT2D eigenvalue weighted by Gasteiger charge is 2.29. The first-order chi connectivity index (χ1) is 14.5. The van der Waals surface area contributed by atoms with Gasteiger partial charge in [0.15, 0.2) is 5.89 Å². The number of hydrogen-bond acceptors (Lipinski definition) is 4. The van der Waals surface area contributed by atoms with Crippen LogP contribution in [-0.4, -0.2) is 38.7 Å². The van der Waals surface area contributed by atoms with E-state index < -0.39 is 6.43 Å². The Morgan fingerprint density at radius 1 is 1.30 bits per heavy atom. The largest absolute Gasteiger partial charge is 0.445 e. The molecule has 0 N–H and O–H groups in total. The first-order valence-corrected chi connectivity index (χ1v) is 10.1. The van der Waals surface area contributed by atoms with E-state index in [1.165, 1.54) is 6.07 Å². The van der Waals surface area contributed by atoms with Crippen LogP contribution in [0.4, 0.5) is 8.78 Å². The van der Waals surface area contributed by atoms with Crippen LogP contribution < -0.4 is 0 Å². The van der Waals surface area contributed by atoms with Crippen molar-refractivity contribution in [2.45, 2.75) is 45.1 Å². The second-order valence-corrected chi connectivity index (χ2v) is 7.68. The zero-order valence-electron chi connectivity index (χ0n) is 16.8. The van der Waals surface area contributed by atoms with E-state index in [0.29, 0.717) is 31.1 Å². The van der Waals surface area contributed by atoms with Crippen molar-refractivity contribution in [3.63, 3.8) is 0 Å². The average Bonchev–Trinajstić information content (AvgIpc) is 3.35. The van der Waals surface area contributed by atoms with Crippen molar-refractivity contribution < 1.29 is 18.0 Å². The van der Waals surface area contributed by atoms with Crippen molar-refractivity contribution >= 4 is 5.91 Å². The van der Waals surface area contributed by atoms with Crippen molar-refractivity contribution in [2.24, 2.45) is 0 Å². The average molecular weight is 414 g/mol. The normalized spacial score (nSPS) is 16.9. The lowest BCUT2D eigenvalue weighted by Crippen LogP contribution is -2.41. The maximum atomic E-state index is 13.2. The molecule has 8 heteroatoms. The van der Waals surface area contributed by atoms with Gasteiger partial charge in [0.25, 0.3) is 6.43 Å². The van der Waals surface area contributed by atoms with Gasteiger partial charge in [0.05, 0.1) is 17.8 Å². The fourth-order valence-electron chi connectivity index (χ4n) is 3.89. The standard InChI is InChI=1S/C22H24F2N4O2/c1-15-10-19(21(23)24)28(26-15)14-20(29)27-9-5-8-17(13-27)22-25-12-18(30-22)11-16-6-3-2-4-7-16/h2-4,6-7,10,12,17,21H,5,8-9,11,13-14H2,1H3/t17-/m0/s1. The van der Waals surface area contributed by atoms with E-state index in [4.69, 9.17) is 4.42 Å². The van der Waals surface area contributed by atoms with Crippen LogP contribution in [0.2, 0.25) is 0 Å². The Morgan fingerprint density at radius 2 is 2.10 bits per heavy atom. The second-order valence-electron chi connectivity index (χ2n) is 7.68. The van der Waals surface area contributed by atoms with Gasteiger partial charge >= 0.3 is 0 Å². The molecule has 1 aliphatic heterocycles. The number of hydrogen-bond donors (Lipinski definition) is 0. The molecule has 2 aromatic heterocycles. The van der Waals surface area contributed by atoms with Crippen LogP contribution >= 0.6 is 0 Å². The monoisotopic (exact) mass is 414 g/mol. The first-order valence-electron chi connectivity index (χ1n) is 10.1. The van der Waals surface area contributed by atoms with Crippen molar-refractivity contribution in [2.75, 3.05) is 13.1 Å². The maximum Gasteiger partial charge on any atom is 0.280 e. The van der Waals surface area contributed by atoms with Crippen molar-refractivity contribution in [1.29, 1.82) is 0 Å². The van der Waals surface area contributed by atoms with E-state index in [1.807, 2.05) is 30.3 Å². The van der Waals surface area contributed by atoms with Gasteiger partial charge in [0.1, 0.15) is 18.0 Å². The fraction of sp³-hybridized carbons (Fsp3) is 0.409. The van der Waals surface area contributed by atoms with E-state index in [2.05, 4.69) is 10.1 Å². The summed E-state index contributed by atoms with van der Waals surface area (Å²) >= 11 is 0. The second kappa shape index (κ2) is 8.77. The highest BCUT2D eigenvalue weighted by Crippen LogP contribution is 2.28. The minimum absolute atomic E-state index is 0.00106. The van der Waals surface area contributed by atoms with Gasteiger partial charge in [-0.3, -0.25) is 9.48 Å². The summed E-state index contributed by atoms with van der Waals surface area (Å²) in [5.41, 5.74) is 1.39. The summed E-state index contributed by atoms with van der Waals surface area (Å²) in [4.78, 5) is 18.9. The van der Waals surface area contributed by atoms with Crippen LogP contribution in [0.3, 0.4) is 0 Å². The summed E-state index contributed by atoms with van der Waals surface area (Å²) in [6.07, 6.45) is 1.43. The van der Waals surface area contributed by atoms with Crippen LogP contribution in [0, 0.1) is 6.92 Å². The number of carbonyl (C=O) groups excluding carboxylic acids is 1. The molecule has 158 valence electrons. The number of aryl methyl sites for hydroxylation is 1. The zero-order valence-corrected chi connectivity index (χ0v) is 16.8. The van der Waals surface area contributed by atoms with Gasteiger partial charge in [-0.2, -0.15) is 5.10 Å². The molecule has 0 saturated carbocycles. The van der Waals surface area contributed by atoms with Gasteiger partial charge in [-0.05, 0) is 31.4 Å². The fourth-order valence-corrected chi connectivity index (χ4v) is 3.89. The number of rotatable bonds is 6. The SMILES string of the molecule is Cc1cc(C(F)F)n(CC(=O)N2CCC[C@H](c3ncc(Cc4ccccc4)o3)C2)n1. The van der Waals surface area contributed by atoms with Crippen LogP contribution in [0.15, 0.2) is 47.0 Å². The predicted octanol–water partition coefficient (Wildman–Crippen LogP) is 4.11. The summed E-state index contributed by atoms with van der Waals surface area (Å²) in [5, 5.41) is 4.05. The number of amides is 1. The molecule has 3 aromatic rings. The van der Waals surface area contributed by atoms with E-state index in [0.717, 1.165) is 28.8 Å². The highest BCUT2D eigenvalue weighted by molar-refractivity contribution is 5.76. The molecule has 1 aromatic carbocycles. The number of benzene rings is 1. The van der Waals surface area contributed by atoms with Crippen LogP contribution in [0.25, 0.3) is 0 Å². The van der Waals surface area contributed by atoms with Gasteiger partial charge in [-0.25, -0.2) is 13.8 Å². The molecule has 30 heavy (non-hydrogen) atoms. The van der Waals surface area contributed by atoms with Gasteiger partial charge in [-0.1, -0.05) is 30.3 Å². The Bertz CT molecular complexity index is 1000. The molecular weight excluding hydrogens is 390 g/mol. The molecule has 1 atom stereocenters. The Kier molecular flexibility index (Phi) is 5.92. The number of likely N-dealkylation sites (tertiary alicyclic amines) is 1. The molecule has 3 heterocycles. The Labute approximate surface area is 173 Å². The van der Waals surface area contributed by atoms with Crippen LogP contribution in [-0.2, 0) is 17.8 Å². The summed E-state index contributed by atoms with van der Waals surface area (Å²) in [5.74, 6) is 1.19. The molecule has 1 amide bonds. The molecule has 0 unspecified atom stereocenters.